The average Bonchev–Trinajstić information content (AvgIpc) is 2.31. The highest BCUT2D eigenvalue weighted by Crippen LogP contribution is 2.27. The Morgan fingerprint density at radius 1 is 1.46 bits per heavy atom. The number of aromatic nitrogens is 1. The monoisotopic (exact) mass is 211 g/mol. The molecule has 0 bridgehead atoms. The predicted molar refractivity (Wildman–Crippen MR) is 42.9 cm³/mol. The first-order valence-corrected chi connectivity index (χ1v) is 4.47. The van der Waals surface area contributed by atoms with Gasteiger partial charge in [-0.05, 0) is 0 Å². The zero-order valence-corrected chi connectivity index (χ0v) is 7.87. The maximum absolute atomic E-state index is 11.7. The maximum atomic E-state index is 11.7. The highest BCUT2D eigenvalue weighted by atomic mass is 32.1. The Morgan fingerprint density at radius 2 is 2.08 bits per heavy atom. The topological polar surface area (TPSA) is 22.1 Å². The summed E-state index contributed by atoms with van der Waals surface area (Å²) in [6.07, 6.45) is -4.65. The molecule has 0 amide bonds. The molecule has 6 heteroatoms. The molecule has 0 saturated heterocycles. The molecular formula is C7H8F3NOS. The fraction of sp³-hybridized carbons (Fsp3) is 0.571. The number of hydrogen-bond acceptors (Lipinski definition) is 3. The molecule has 1 heterocycles. The van der Waals surface area contributed by atoms with Crippen molar-refractivity contribution < 1.29 is 17.9 Å². The second-order valence-electron chi connectivity index (χ2n) is 2.73. The van der Waals surface area contributed by atoms with E-state index in [2.05, 4.69) is 9.72 Å². The van der Waals surface area contributed by atoms with E-state index >= 15 is 0 Å². The van der Waals surface area contributed by atoms with Gasteiger partial charge in [0.15, 0.2) is 0 Å². The van der Waals surface area contributed by atoms with Crippen molar-refractivity contribution in [3.8, 4) is 5.88 Å². The van der Waals surface area contributed by atoms with Gasteiger partial charge in [0.2, 0.25) is 5.88 Å². The van der Waals surface area contributed by atoms with Crippen molar-refractivity contribution in [2.45, 2.75) is 26.1 Å². The van der Waals surface area contributed by atoms with Gasteiger partial charge in [0, 0.05) is 5.92 Å². The van der Waals surface area contributed by atoms with Crippen molar-refractivity contribution in [3.05, 3.63) is 10.4 Å². The molecule has 0 aromatic carbocycles. The minimum Gasteiger partial charge on any atom is -0.387 e. The highest BCUT2D eigenvalue weighted by molar-refractivity contribution is 7.09. The summed E-state index contributed by atoms with van der Waals surface area (Å²) in [6.45, 7) is 3.71. The summed E-state index contributed by atoms with van der Waals surface area (Å²) in [5.41, 5.74) is 0. The van der Waals surface area contributed by atoms with Crippen molar-refractivity contribution >= 4 is 11.3 Å². The van der Waals surface area contributed by atoms with Crippen LogP contribution in [0.5, 0.6) is 5.88 Å². The van der Waals surface area contributed by atoms with Gasteiger partial charge in [0.25, 0.3) is 0 Å². The van der Waals surface area contributed by atoms with Crippen molar-refractivity contribution in [1.29, 1.82) is 0 Å². The van der Waals surface area contributed by atoms with Crippen LogP contribution in [0.25, 0.3) is 0 Å². The van der Waals surface area contributed by atoms with E-state index in [1.54, 1.807) is 0 Å². The minimum atomic E-state index is -4.65. The average molecular weight is 211 g/mol. The van der Waals surface area contributed by atoms with Gasteiger partial charge in [-0.2, -0.15) is 0 Å². The smallest absolute Gasteiger partial charge is 0.387 e. The molecule has 0 atom stereocenters. The number of hydrogen-bond donors (Lipinski definition) is 0. The normalized spacial score (nSPS) is 12.2. The van der Waals surface area contributed by atoms with Crippen LogP contribution in [0.2, 0.25) is 0 Å². The van der Waals surface area contributed by atoms with Crippen LogP contribution >= 0.6 is 11.3 Å². The van der Waals surface area contributed by atoms with Crippen LogP contribution in [-0.4, -0.2) is 11.3 Å². The molecule has 2 nitrogen and oxygen atoms in total. The third kappa shape index (κ3) is 3.22. The standard InChI is InChI=1S/C7H8F3NOS/c1-4(2)6-11-5(3-13-6)12-7(8,9)10/h3-4H,1-2H3. The lowest BCUT2D eigenvalue weighted by atomic mass is 10.2. The summed E-state index contributed by atoms with van der Waals surface area (Å²) in [6, 6.07) is 0. The van der Waals surface area contributed by atoms with E-state index in [9.17, 15) is 13.2 Å². The molecule has 1 aromatic rings. The molecule has 0 N–H and O–H groups in total. The van der Waals surface area contributed by atoms with Crippen molar-refractivity contribution in [2.75, 3.05) is 0 Å². The van der Waals surface area contributed by atoms with E-state index in [0.29, 0.717) is 5.01 Å². The van der Waals surface area contributed by atoms with E-state index in [0.717, 1.165) is 11.3 Å². The fourth-order valence-electron chi connectivity index (χ4n) is 0.703. The number of rotatable bonds is 2. The molecule has 0 aliphatic carbocycles. The summed E-state index contributed by atoms with van der Waals surface area (Å²) in [7, 11) is 0. The Morgan fingerprint density at radius 3 is 2.46 bits per heavy atom. The van der Waals surface area contributed by atoms with Crippen LogP contribution in [0.1, 0.15) is 24.8 Å². The maximum Gasteiger partial charge on any atom is 0.574 e. The molecule has 13 heavy (non-hydrogen) atoms. The van der Waals surface area contributed by atoms with E-state index < -0.39 is 6.36 Å². The highest BCUT2D eigenvalue weighted by Gasteiger charge is 2.32. The molecular weight excluding hydrogens is 203 g/mol. The van der Waals surface area contributed by atoms with Crippen LogP contribution < -0.4 is 4.74 Å². The SMILES string of the molecule is CC(C)c1nc(OC(F)(F)F)cs1. The fourth-order valence-corrected chi connectivity index (χ4v) is 1.44. The van der Waals surface area contributed by atoms with E-state index in [1.165, 1.54) is 5.38 Å². The minimum absolute atomic E-state index is 0.121. The number of thiazole rings is 1. The van der Waals surface area contributed by atoms with Crippen LogP contribution in [0.4, 0.5) is 13.2 Å². The van der Waals surface area contributed by atoms with Gasteiger partial charge in [-0.15, -0.1) is 24.5 Å². The quantitative estimate of drug-likeness (QED) is 0.749. The molecule has 74 valence electrons. The Balaban J connectivity index is 2.70. The summed E-state index contributed by atoms with van der Waals surface area (Å²) in [5, 5.41) is 1.89. The molecule has 0 spiro atoms. The van der Waals surface area contributed by atoms with Crippen molar-refractivity contribution in [1.82, 2.24) is 4.98 Å². The summed E-state index contributed by atoms with van der Waals surface area (Å²) in [4.78, 5) is 3.67. The van der Waals surface area contributed by atoms with Gasteiger partial charge in [-0.3, -0.25) is 0 Å². The van der Waals surface area contributed by atoms with Crippen LogP contribution in [0.15, 0.2) is 5.38 Å². The lowest BCUT2D eigenvalue weighted by Gasteiger charge is -2.04. The first-order valence-electron chi connectivity index (χ1n) is 3.59. The van der Waals surface area contributed by atoms with Gasteiger partial charge >= 0.3 is 6.36 Å². The third-order valence-electron chi connectivity index (χ3n) is 1.22. The Kier molecular flexibility index (Phi) is 2.80. The number of halogens is 3. The van der Waals surface area contributed by atoms with E-state index in [1.807, 2.05) is 13.8 Å². The van der Waals surface area contributed by atoms with Crippen molar-refractivity contribution in [3.63, 3.8) is 0 Å². The zero-order valence-electron chi connectivity index (χ0n) is 7.05. The molecule has 1 aromatic heterocycles. The first-order chi connectivity index (χ1) is 5.88. The van der Waals surface area contributed by atoms with Gasteiger partial charge in [0.05, 0.1) is 10.4 Å². The van der Waals surface area contributed by atoms with Gasteiger partial charge in [-0.1, -0.05) is 13.8 Å². The van der Waals surface area contributed by atoms with Crippen LogP contribution in [0.3, 0.4) is 0 Å². The Labute approximate surface area is 77.4 Å². The van der Waals surface area contributed by atoms with Crippen LogP contribution in [0, 0.1) is 0 Å². The summed E-state index contributed by atoms with van der Waals surface area (Å²) in [5.74, 6) is -0.253. The number of nitrogens with zero attached hydrogens (tertiary/aromatic N) is 1. The second kappa shape index (κ2) is 3.53. The molecule has 0 radical (unpaired) electrons. The van der Waals surface area contributed by atoms with Gasteiger partial charge in [-0.25, -0.2) is 4.98 Å². The second-order valence-corrected chi connectivity index (χ2v) is 3.62. The Hall–Kier alpha value is -0.780. The molecule has 0 aliphatic rings. The predicted octanol–water partition coefficient (Wildman–Crippen LogP) is 3.17. The van der Waals surface area contributed by atoms with Crippen molar-refractivity contribution in [2.24, 2.45) is 0 Å². The number of alkyl halides is 3. The van der Waals surface area contributed by atoms with Gasteiger partial charge in [0.1, 0.15) is 0 Å². The summed E-state index contributed by atoms with van der Waals surface area (Å²) < 4.78 is 38.7. The third-order valence-corrected chi connectivity index (χ3v) is 2.34. The molecule has 0 unspecified atom stereocenters. The molecule has 1 rings (SSSR count). The Bertz CT molecular complexity index is 282. The number of ether oxygens (including phenoxy) is 1. The summed E-state index contributed by atoms with van der Waals surface area (Å²) >= 11 is 1.16. The van der Waals surface area contributed by atoms with E-state index in [-0.39, 0.29) is 11.8 Å². The molecule has 0 saturated carbocycles. The van der Waals surface area contributed by atoms with Gasteiger partial charge < -0.3 is 4.74 Å². The van der Waals surface area contributed by atoms with Crippen LogP contribution in [-0.2, 0) is 0 Å². The lowest BCUT2D eigenvalue weighted by Crippen LogP contribution is -2.17. The van der Waals surface area contributed by atoms with E-state index in [4.69, 9.17) is 0 Å². The molecule has 0 aliphatic heterocycles. The first kappa shape index (κ1) is 10.3. The zero-order chi connectivity index (χ0) is 10.1. The molecule has 0 fully saturated rings. The largest absolute Gasteiger partial charge is 0.574 e. The lowest BCUT2D eigenvalue weighted by molar-refractivity contribution is -0.276.